The van der Waals surface area contributed by atoms with Crippen molar-refractivity contribution in [2.75, 3.05) is 13.7 Å². The number of nitrogens with one attached hydrogen (secondary N) is 1. The van der Waals surface area contributed by atoms with E-state index in [0.29, 0.717) is 22.5 Å². The number of pyridine rings is 1. The number of ether oxygens (including phenoxy) is 2. The van der Waals surface area contributed by atoms with Crippen molar-refractivity contribution in [2.45, 2.75) is 24.8 Å². The molecule has 0 radical (unpaired) electrons. The van der Waals surface area contributed by atoms with Crippen LogP contribution in [0, 0.1) is 6.92 Å². The van der Waals surface area contributed by atoms with E-state index in [4.69, 9.17) is 14.6 Å². The van der Waals surface area contributed by atoms with Crippen molar-refractivity contribution in [1.29, 1.82) is 0 Å². The van der Waals surface area contributed by atoms with Crippen molar-refractivity contribution >= 4 is 32.8 Å². The van der Waals surface area contributed by atoms with Crippen LogP contribution in [0.5, 0.6) is 5.75 Å². The Morgan fingerprint density at radius 1 is 1.12 bits per heavy atom. The first-order chi connectivity index (χ1) is 15.1. The molecule has 0 saturated heterocycles. The molecule has 1 amide bonds. The first-order valence-corrected chi connectivity index (χ1v) is 11.2. The molecule has 9 nitrogen and oxygen atoms in total. The number of aromatic nitrogens is 1. The Hall–Kier alpha value is -3.50. The first kappa shape index (κ1) is 23.2. The summed E-state index contributed by atoms with van der Waals surface area (Å²) in [5, 5.41) is 8.51. The predicted octanol–water partition coefficient (Wildman–Crippen LogP) is 2.23. The lowest BCUT2D eigenvalue weighted by molar-refractivity contribution is -0.124. The minimum absolute atomic E-state index is 0.0217. The maximum Gasteiger partial charge on any atom is 0.340 e. The molecule has 3 rings (SSSR count). The average molecular weight is 458 g/mol. The average Bonchev–Trinajstić information content (AvgIpc) is 2.76. The number of carbonyl (C=O) groups is 2. The van der Waals surface area contributed by atoms with Crippen LogP contribution >= 0.6 is 0 Å². The number of methoxy groups -OCH3 is 1. The zero-order valence-electron chi connectivity index (χ0n) is 17.8. The van der Waals surface area contributed by atoms with Gasteiger partial charge in [0.05, 0.1) is 34.8 Å². The van der Waals surface area contributed by atoms with Crippen LogP contribution in [0.15, 0.2) is 53.4 Å². The molecule has 2 aromatic carbocycles. The second-order valence-corrected chi connectivity index (χ2v) is 8.72. The third-order valence-electron chi connectivity index (χ3n) is 4.86. The third kappa shape index (κ3) is 5.40. The quantitative estimate of drug-likeness (QED) is 0.519. The molecule has 0 aliphatic rings. The molecule has 0 fully saturated rings. The number of amides is 1. The summed E-state index contributed by atoms with van der Waals surface area (Å²) < 4.78 is 33.0. The summed E-state index contributed by atoms with van der Waals surface area (Å²) in [7, 11) is -2.23. The van der Waals surface area contributed by atoms with Gasteiger partial charge in [0.1, 0.15) is 5.75 Å². The third-order valence-corrected chi connectivity index (χ3v) is 5.79. The highest BCUT2D eigenvalue weighted by Crippen LogP contribution is 2.22. The van der Waals surface area contributed by atoms with E-state index in [1.54, 1.807) is 57.4 Å². The number of esters is 1. The summed E-state index contributed by atoms with van der Waals surface area (Å²) in [5.41, 5.74) is 2.09. The molecule has 0 bridgehead atoms. The maximum atomic E-state index is 12.5. The number of primary sulfonamides is 1. The number of aryl methyl sites for hydroxylation is 1. The van der Waals surface area contributed by atoms with E-state index in [2.05, 4.69) is 10.3 Å². The summed E-state index contributed by atoms with van der Waals surface area (Å²) in [6.07, 6.45) is 0. The van der Waals surface area contributed by atoms with Gasteiger partial charge in [-0.2, -0.15) is 0 Å². The highest BCUT2D eigenvalue weighted by Gasteiger charge is 2.17. The molecule has 1 aromatic heterocycles. The molecule has 0 saturated carbocycles. The fourth-order valence-electron chi connectivity index (χ4n) is 3.10. The zero-order valence-corrected chi connectivity index (χ0v) is 18.6. The van der Waals surface area contributed by atoms with Gasteiger partial charge in [-0.15, -0.1) is 0 Å². The minimum atomic E-state index is -3.79. The Bertz CT molecular complexity index is 1270. The maximum absolute atomic E-state index is 12.5. The van der Waals surface area contributed by atoms with Gasteiger partial charge in [0.15, 0.2) is 6.61 Å². The van der Waals surface area contributed by atoms with Crippen LogP contribution < -0.4 is 15.2 Å². The molecule has 3 aromatic rings. The topological polar surface area (TPSA) is 138 Å². The Kier molecular flexibility index (Phi) is 6.75. The van der Waals surface area contributed by atoms with Crippen LogP contribution in [0.1, 0.15) is 34.6 Å². The number of nitrogens with zero attached hydrogens (tertiary/aromatic N) is 1. The molecule has 10 heteroatoms. The summed E-state index contributed by atoms with van der Waals surface area (Å²) in [6.45, 7) is 2.93. The number of hydrogen-bond donors (Lipinski definition) is 2. The molecular weight excluding hydrogens is 434 g/mol. The summed E-state index contributed by atoms with van der Waals surface area (Å²) in [5.74, 6) is -0.504. The van der Waals surface area contributed by atoms with Gasteiger partial charge < -0.3 is 14.8 Å². The van der Waals surface area contributed by atoms with Crippen LogP contribution in [0.2, 0.25) is 0 Å². The van der Waals surface area contributed by atoms with Gasteiger partial charge in [0, 0.05) is 11.5 Å². The molecule has 0 aliphatic heterocycles. The van der Waals surface area contributed by atoms with Crippen LogP contribution in [-0.2, 0) is 19.6 Å². The molecule has 1 unspecified atom stereocenters. The molecule has 0 aliphatic carbocycles. The fourth-order valence-corrected chi connectivity index (χ4v) is 3.61. The van der Waals surface area contributed by atoms with Crippen molar-refractivity contribution in [3.05, 3.63) is 65.4 Å². The Morgan fingerprint density at radius 2 is 1.81 bits per heavy atom. The lowest BCUT2D eigenvalue weighted by Gasteiger charge is -2.15. The summed E-state index contributed by atoms with van der Waals surface area (Å²) in [4.78, 5) is 29.1. The largest absolute Gasteiger partial charge is 0.497 e. The van der Waals surface area contributed by atoms with E-state index >= 15 is 0 Å². The number of carbonyl (C=O) groups excluding carboxylic acids is 2. The van der Waals surface area contributed by atoms with Crippen molar-refractivity contribution in [3.8, 4) is 5.75 Å². The lowest BCUT2D eigenvalue weighted by Crippen LogP contribution is -2.31. The lowest BCUT2D eigenvalue weighted by atomic mass is 10.1. The molecule has 1 heterocycles. The highest BCUT2D eigenvalue weighted by atomic mass is 32.2. The molecule has 1 atom stereocenters. The van der Waals surface area contributed by atoms with E-state index < -0.39 is 34.5 Å². The number of hydrogen-bond acceptors (Lipinski definition) is 7. The van der Waals surface area contributed by atoms with Gasteiger partial charge in [0.2, 0.25) is 10.0 Å². The Balaban J connectivity index is 1.62. The van der Waals surface area contributed by atoms with Gasteiger partial charge >= 0.3 is 5.97 Å². The van der Waals surface area contributed by atoms with Crippen LogP contribution in [0.25, 0.3) is 10.9 Å². The van der Waals surface area contributed by atoms with Gasteiger partial charge in [-0.1, -0.05) is 12.1 Å². The van der Waals surface area contributed by atoms with E-state index in [9.17, 15) is 18.0 Å². The van der Waals surface area contributed by atoms with Crippen molar-refractivity contribution in [3.63, 3.8) is 0 Å². The summed E-state index contributed by atoms with van der Waals surface area (Å²) >= 11 is 0. The number of sulfonamides is 1. The molecule has 32 heavy (non-hydrogen) atoms. The number of nitrogens with two attached hydrogens (primary N) is 1. The SMILES string of the molecule is COc1ccc2cc(C(=O)OCC(=O)NC(C)c3ccc(S(N)(=O)=O)cc3)c(C)nc2c1. The number of rotatable bonds is 7. The Labute approximate surface area is 185 Å². The first-order valence-electron chi connectivity index (χ1n) is 9.63. The van der Waals surface area contributed by atoms with Gasteiger partial charge in [-0.05, 0) is 49.7 Å². The smallest absolute Gasteiger partial charge is 0.340 e. The molecule has 0 spiro atoms. The van der Waals surface area contributed by atoms with Crippen molar-refractivity contribution in [1.82, 2.24) is 10.3 Å². The van der Waals surface area contributed by atoms with Gasteiger partial charge in [-0.3, -0.25) is 9.78 Å². The van der Waals surface area contributed by atoms with E-state index in [-0.39, 0.29) is 10.5 Å². The van der Waals surface area contributed by atoms with Crippen molar-refractivity contribution < 1.29 is 27.5 Å². The number of fused-ring (bicyclic) bond motifs is 1. The summed E-state index contributed by atoms with van der Waals surface area (Å²) in [6, 6.07) is 12.4. The monoisotopic (exact) mass is 457 g/mol. The second kappa shape index (κ2) is 9.33. The molecule has 168 valence electrons. The van der Waals surface area contributed by atoms with Crippen LogP contribution in [0.4, 0.5) is 0 Å². The molecular formula is C22H23N3O6S. The number of benzene rings is 2. The van der Waals surface area contributed by atoms with Crippen LogP contribution in [0.3, 0.4) is 0 Å². The second-order valence-electron chi connectivity index (χ2n) is 7.16. The standard InChI is InChI=1S/C22H23N3O6S/c1-13(15-5-8-18(9-6-15)32(23,28)29)25-21(26)12-31-22(27)19-10-16-4-7-17(30-3)11-20(16)24-14(19)2/h4-11,13H,12H2,1-3H3,(H,25,26)(H2,23,28,29). The van der Waals surface area contributed by atoms with E-state index in [1.165, 1.54) is 12.1 Å². The Morgan fingerprint density at radius 3 is 2.44 bits per heavy atom. The van der Waals surface area contributed by atoms with Gasteiger partial charge in [0.25, 0.3) is 5.91 Å². The van der Waals surface area contributed by atoms with Crippen molar-refractivity contribution in [2.24, 2.45) is 5.14 Å². The highest BCUT2D eigenvalue weighted by molar-refractivity contribution is 7.89. The van der Waals surface area contributed by atoms with Crippen LogP contribution in [-0.4, -0.2) is 39.0 Å². The molecule has 3 N–H and O–H groups in total. The van der Waals surface area contributed by atoms with E-state index in [0.717, 1.165) is 5.39 Å². The predicted molar refractivity (Wildman–Crippen MR) is 118 cm³/mol. The van der Waals surface area contributed by atoms with E-state index in [1.807, 2.05) is 0 Å². The van der Waals surface area contributed by atoms with Gasteiger partial charge in [-0.25, -0.2) is 18.4 Å². The zero-order chi connectivity index (χ0) is 23.5. The fraction of sp³-hybridized carbons (Fsp3) is 0.227. The minimum Gasteiger partial charge on any atom is -0.497 e. The normalized spacial score (nSPS) is 12.2.